The topological polar surface area (TPSA) is 46.6 Å². The Hall–Kier alpha value is -2.62. The number of ether oxygens (including phenoxy) is 1. The Kier molecular flexibility index (Phi) is 5.94. The van der Waals surface area contributed by atoms with E-state index in [1.807, 2.05) is 30.3 Å². The van der Waals surface area contributed by atoms with E-state index in [0.717, 1.165) is 5.56 Å². The summed E-state index contributed by atoms with van der Waals surface area (Å²) >= 11 is 0. The highest BCUT2D eigenvalue weighted by molar-refractivity contribution is 5.86. The largest absolute Gasteiger partial charge is 0.440 e. The summed E-state index contributed by atoms with van der Waals surface area (Å²) in [6, 6.07) is 18.1. The molecule has 2 unspecified atom stereocenters. The van der Waals surface area contributed by atoms with Gasteiger partial charge in [-0.3, -0.25) is 14.5 Å². The molecular formula is C23H27NO3. The molecule has 1 saturated heterocycles. The van der Waals surface area contributed by atoms with Crippen LogP contribution in [0.3, 0.4) is 0 Å². The maximum Gasteiger partial charge on any atom is 0.327 e. The molecular weight excluding hydrogens is 338 g/mol. The smallest absolute Gasteiger partial charge is 0.327 e. The second kappa shape index (κ2) is 8.38. The minimum atomic E-state index is -0.494. The van der Waals surface area contributed by atoms with Crippen LogP contribution >= 0.6 is 0 Å². The normalized spacial score (nSPS) is 17.9. The number of carbonyl (C=O) groups excluding carboxylic acids is 2. The van der Waals surface area contributed by atoms with Crippen LogP contribution in [0, 0.1) is 0 Å². The van der Waals surface area contributed by atoms with E-state index in [9.17, 15) is 9.59 Å². The monoisotopic (exact) mass is 365 g/mol. The molecule has 1 fully saturated rings. The van der Waals surface area contributed by atoms with Crippen molar-refractivity contribution in [2.45, 2.75) is 51.7 Å². The van der Waals surface area contributed by atoms with Gasteiger partial charge in [0.05, 0.1) is 6.42 Å². The first-order valence-electron chi connectivity index (χ1n) is 9.56. The van der Waals surface area contributed by atoms with Crippen LogP contribution in [0.4, 0.5) is 0 Å². The van der Waals surface area contributed by atoms with Gasteiger partial charge in [-0.15, -0.1) is 0 Å². The summed E-state index contributed by atoms with van der Waals surface area (Å²) in [4.78, 5) is 26.2. The molecule has 0 saturated carbocycles. The van der Waals surface area contributed by atoms with Crippen LogP contribution in [0.5, 0.6) is 0 Å². The lowest BCUT2D eigenvalue weighted by Crippen LogP contribution is -2.38. The Balaban J connectivity index is 1.69. The van der Waals surface area contributed by atoms with Crippen molar-refractivity contribution in [3.05, 3.63) is 71.3 Å². The van der Waals surface area contributed by atoms with E-state index in [-0.39, 0.29) is 30.8 Å². The lowest BCUT2D eigenvalue weighted by molar-refractivity contribution is -0.143. The van der Waals surface area contributed by atoms with Crippen LogP contribution in [0.15, 0.2) is 54.6 Å². The number of hydrogen-bond donors (Lipinski definition) is 0. The first kappa shape index (κ1) is 19.2. The van der Waals surface area contributed by atoms with Crippen molar-refractivity contribution >= 4 is 11.9 Å². The van der Waals surface area contributed by atoms with E-state index in [4.69, 9.17) is 4.74 Å². The highest BCUT2D eigenvalue weighted by atomic mass is 16.6. The zero-order valence-corrected chi connectivity index (χ0v) is 16.2. The first-order valence-corrected chi connectivity index (χ1v) is 9.56. The van der Waals surface area contributed by atoms with Gasteiger partial charge >= 0.3 is 5.97 Å². The zero-order chi connectivity index (χ0) is 19.4. The van der Waals surface area contributed by atoms with E-state index in [2.05, 4.69) is 45.0 Å². The summed E-state index contributed by atoms with van der Waals surface area (Å²) in [7, 11) is 0. The van der Waals surface area contributed by atoms with Crippen molar-refractivity contribution in [3.8, 4) is 0 Å². The Morgan fingerprint density at radius 2 is 1.78 bits per heavy atom. The third-order valence-electron chi connectivity index (χ3n) is 5.13. The summed E-state index contributed by atoms with van der Waals surface area (Å²) in [5, 5.41) is 0. The van der Waals surface area contributed by atoms with Crippen LogP contribution < -0.4 is 0 Å². The molecule has 2 aromatic carbocycles. The van der Waals surface area contributed by atoms with E-state index < -0.39 is 6.23 Å². The Bertz CT molecular complexity index is 800. The molecule has 0 aliphatic carbocycles. The molecule has 27 heavy (non-hydrogen) atoms. The predicted molar refractivity (Wildman–Crippen MR) is 105 cm³/mol. The Morgan fingerprint density at radius 3 is 2.48 bits per heavy atom. The number of esters is 1. The fourth-order valence-corrected chi connectivity index (χ4v) is 3.45. The number of hydrogen-bond acceptors (Lipinski definition) is 3. The molecule has 4 heteroatoms. The van der Waals surface area contributed by atoms with Crippen molar-refractivity contribution < 1.29 is 14.3 Å². The van der Waals surface area contributed by atoms with Crippen molar-refractivity contribution in [3.63, 3.8) is 0 Å². The molecule has 2 aromatic rings. The molecule has 0 aromatic heterocycles. The van der Waals surface area contributed by atoms with Crippen LogP contribution in [-0.4, -0.2) is 29.5 Å². The number of benzene rings is 2. The van der Waals surface area contributed by atoms with Crippen LogP contribution in [0.25, 0.3) is 0 Å². The number of rotatable bonds is 6. The molecule has 3 rings (SSSR count). The van der Waals surface area contributed by atoms with Gasteiger partial charge in [-0.25, -0.2) is 0 Å². The van der Waals surface area contributed by atoms with Gasteiger partial charge in [0.1, 0.15) is 6.54 Å². The summed E-state index contributed by atoms with van der Waals surface area (Å²) < 4.78 is 5.47. The van der Waals surface area contributed by atoms with Gasteiger partial charge in [-0.2, -0.15) is 0 Å². The van der Waals surface area contributed by atoms with Crippen LogP contribution in [0.1, 0.15) is 55.7 Å². The van der Waals surface area contributed by atoms with Gasteiger partial charge in [-0.1, -0.05) is 75.4 Å². The van der Waals surface area contributed by atoms with E-state index >= 15 is 0 Å². The van der Waals surface area contributed by atoms with E-state index in [1.54, 1.807) is 4.90 Å². The summed E-state index contributed by atoms with van der Waals surface area (Å²) in [5.74, 6) is 0.252. The van der Waals surface area contributed by atoms with Crippen molar-refractivity contribution in [1.82, 2.24) is 4.90 Å². The van der Waals surface area contributed by atoms with Gasteiger partial charge in [0, 0.05) is 6.42 Å². The molecule has 142 valence electrons. The highest BCUT2D eigenvalue weighted by Crippen LogP contribution is 2.28. The van der Waals surface area contributed by atoms with E-state index in [0.29, 0.717) is 12.3 Å². The Morgan fingerprint density at radius 1 is 1.07 bits per heavy atom. The third-order valence-corrected chi connectivity index (χ3v) is 5.13. The van der Waals surface area contributed by atoms with Gasteiger partial charge in [0.2, 0.25) is 5.91 Å². The molecule has 1 aliphatic rings. The van der Waals surface area contributed by atoms with Crippen molar-refractivity contribution in [2.75, 3.05) is 6.54 Å². The minimum absolute atomic E-state index is 0.0368. The third kappa shape index (κ3) is 4.76. The molecule has 4 nitrogen and oxygen atoms in total. The summed E-state index contributed by atoms with van der Waals surface area (Å²) in [6.07, 6.45) is 0.394. The summed E-state index contributed by atoms with van der Waals surface area (Å²) in [6.45, 7) is 6.50. The van der Waals surface area contributed by atoms with E-state index in [1.165, 1.54) is 11.1 Å². The molecule has 2 atom stereocenters. The van der Waals surface area contributed by atoms with Gasteiger partial charge in [0.15, 0.2) is 6.23 Å². The minimum Gasteiger partial charge on any atom is -0.440 e. The molecule has 0 bridgehead atoms. The maximum atomic E-state index is 12.7. The Labute approximate surface area is 161 Å². The van der Waals surface area contributed by atoms with Gasteiger partial charge in [-0.05, 0) is 28.5 Å². The maximum absolute atomic E-state index is 12.7. The van der Waals surface area contributed by atoms with Gasteiger partial charge < -0.3 is 4.74 Å². The zero-order valence-electron chi connectivity index (χ0n) is 16.2. The number of amides is 1. The average molecular weight is 365 g/mol. The van der Waals surface area contributed by atoms with Crippen LogP contribution in [0.2, 0.25) is 0 Å². The fraction of sp³-hybridized carbons (Fsp3) is 0.391. The number of nitrogens with zero attached hydrogens (tertiary/aromatic N) is 1. The van der Waals surface area contributed by atoms with Crippen molar-refractivity contribution in [1.29, 1.82) is 0 Å². The number of carbonyl (C=O) groups is 2. The highest BCUT2D eigenvalue weighted by Gasteiger charge is 2.36. The quantitative estimate of drug-likeness (QED) is 0.719. The molecule has 1 heterocycles. The second-order valence-corrected chi connectivity index (χ2v) is 7.59. The SMILES string of the molecule is CC(C)c1cccc(C(C)CC2OC(=O)CN2C(=O)Cc2ccccc2)c1. The number of cyclic esters (lactones) is 1. The molecule has 1 amide bonds. The lowest BCUT2D eigenvalue weighted by Gasteiger charge is -2.25. The molecule has 0 spiro atoms. The molecule has 0 N–H and O–H groups in total. The standard InChI is InChI=1S/C23H27NO3/c1-16(2)19-10-7-11-20(14-19)17(3)12-22-24(15-23(26)27-22)21(25)13-18-8-5-4-6-9-18/h4-11,14,16-17,22H,12-13,15H2,1-3H3. The molecule has 1 aliphatic heterocycles. The summed E-state index contributed by atoms with van der Waals surface area (Å²) in [5.41, 5.74) is 3.44. The van der Waals surface area contributed by atoms with Gasteiger partial charge in [0.25, 0.3) is 0 Å². The first-order chi connectivity index (χ1) is 12.9. The van der Waals surface area contributed by atoms with Crippen molar-refractivity contribution in [2.24, 2.45) is 0 Å². The fourth-order valence-electron chi connectivity index (χ4n) is 3.45. The predicted octanol–water partition coefficient (Wildman–Crippen LogP) is 4.26. The van der Waals surface area contributed by atoms with Crippen LogP contribution in [-0.2, 0) is 20.7 Å². The molecule has 0 radical (unpaired) electrons. The lowest BCUT2D eigenvalue weighted by atomic mass is 9.92. The second-order valence-electron chi connectivity index (χ2n) is 7.59. The average Bonchev–Trinajstić information content (AvgIpc) is 3.03.